The molecule has 1 aromatic heterocycles. The molecule has 1 aromatic rings. The number of carbonyl (C=O) groups excluding carboxylic acids is 3. The minimum atomic E-state index is -0.625. The maximum absolute atomic E-state index is 12.0. The normalized spacial score (nSPS) is 12.6. The van der Waals surface area contributed by atoms with Gasteiger partial charge in [-0.15, -0.1) is 5.10 Å². The van der Waals surface area contributed by atoms with E-state index in [2.05, 4.69) is 15.0 Å². The van der Waals surface area contributed by atoms with Crippen LogP contribution >= 0.6 is 0 Å². The molecular weight excluding hydrogens is 290 g/mol. The Morgan fingerprint density at radius 3 is 2.50 bits per heavy atom. The molecule has 0 N–H and O–H groups in total. The monoisotopic (exact) mass is 311 g/mol. The van der Waals surface area contributed by atoms with Crippen molar-refractivity contribution in [1.82, 2.24) is 15.0 Å². The lowest BCUT2D eigenvalue weighted by Crippen LogP contribution is -2.27. The second kappa shape index (κ2) is 7.15. The topological polar surface area (TPSA) is 100 Å². The van der Waals surface area contributed by atoms with Crippen molar-refractivity contribution in [2.45, 2.75) is 46.3 Å². The second-order valence-electron chi connectivity index (χ2n) is 5.95. The van der Waals surface area contributed by atoms with Crippen molar-refractivity contribution >= 4 is 17.7 Å². The van der Waals surface area contributed by atoms with Crippen LogP contribution in [0.1, 0.15) is 44.6 Å². The first-order valence-corrected chi connectivity index (χ1v) is 6.85. The third-order valence-electron chi connectivity index (χ3n) is 2.69. The van der Waals surface area contributed by atoms with Gasteiger partial charge in [0.05, 0.1) is 19.7 Å². The number of ketones is 1. The van der Waals surface area contributed by atoms with Crippen LogP contribution < -0.4 is 0 Å². The zero-order chi connectivity index (χ0) is 16.9. The summed E-state index contributed by atoms with van der Waals surface area (Å²) in [5.41, 5.74) is -0.559. The number of esters is 2. The third kappa shape index (κ3) is 5.63. The molecule has 0 amide bonds. The van der Waals surface area contributed by atoms with Crippen LogP contribution in [0.4, 0.5) is 0 Å². The SMILES string of the molecule is COC(=O)c1cn(CC(=O)[C@H](C)CC(=O)OC(C)(C)C)nn1. The quantitative estimate of drug-likeness (QED) is 0.722. The number of nitrogens with zero attached hydrogens (tertiary/aromatic N) is 3. The van der Waals surface area contributed by atoms with E-state index in [4.69, 9.17) is 4.74 Å². The van der Waals surface area contributed by atoms with E-state index < -0.39 is 23.5 Å². The van der Waals surface area contributed by atoms with Crippen molar-refractivity contribution in [1.29, 1.82) is 0 Å². The molecule has 0 spiro atoms. The van der Waals surface area contributed by atoms with Gasteiger partial charge in [-0.3, -0.25) is 9.59 Å². The van der Waals surface area contributed by atoms with E-state index in [1.54, 1.807) is 27.7 Å². The Morgan fingerprint density at radius 2 is 1.95 bits per heavy atom. The van der Waals surface area contributed by atoms with Gasteiger partial charge >= 0.3 is 11.9 Å². The number of rotatable bonds is 6. The van der Waals surface area contributed by atoms with Crippen LogP contribution in [0, 0.1) is 5.92 Å². The minimum Gasteiger partial charge on any atom is -0.464 e. The van der Waals surface area contributed by atoms with Gasteiger partial charge in [0.2, 0.25) is 0 Å². The first-order chi connectivity index (χ1) is 10.1. The van der Waals surface area contributed by atoms with Crippen LogP contribution in [0.25, 0.3) is 0 Å². The summed E-state index contributed by atoms with van der Waals surface area (Å²) in [6, 6.07) is 0. The molecule has 8 heteroatoms. The average Bonchev–Trinajstić information content (AvgIpc) is 2.83. The Balaban J connectivity index is 2.56. The van der Waals surface area contributed by atoms with Gasteiger partial charge < -0.3 is 9.47 Å². The van der Waals surface area contributed by atoms with Crippen molar-refractivity contribution in [3.05, 3.63) is 11.9 Å². The molecule has 122 valence electrons. The number of hydrogen-bond donors (Lipinski definition) is 0. The molecule has 1 heterocycles. The van der Waals surface area contributed by atoms with Crippen LogP contribution in [0.3, 0.4) is 0 Å². The molecule has 0 aliphatic rings. The van der Waals surface area contributed by atoms with E-state index in [0.29, 0.717) is 0 Å². The Hall–Kier alpha value is -2.25. The van der Waals surface area contributed by atoms with Crippen LogP contribution in [0.2, 0.25) is 0 Å². The molecule has 0 aliphatic heterocycles. The van der Waals surface area contributed by atoms with Crippen LogP contribution in [-0.2, 0) is 25.6 Å². The summed E-state index contributed by atoms with van der Waals surface area (Å²) in [5.74, 6) is -1.77. The molecule has 0 saturated carbocycles. The number of hydrogen-bond acceptors (Lipinski definition) is 7. The van der Waals surface area contributed by atoms with Crippen molar-refractivity contribution in [2.24, 2.45) is 5.92 Å². The predicted octanol–water partition coefficient (Wildman–Crippen LogP) is 1.00. The standard InChI is InChI=1S/C14H21N3O5/c1-9(6-12(19)22-14(2,3)4)11(18)8-17-7-10(15-16-17)13(20)21-5/h7,9H,6,8H2,1-5H3/t9-/m1/s1. The van der Waals surface area contributed by atoms with Gasteiger partial charge in [0.15, 0.2) is 11.5 Å². The summed E-state index contributed by atoms with van der Waals surface area (Å²) in [7, 11) is 1.23. The Labute approximate surface area is 128 Å². The fraction of sp³-hybridized carbons (Fsp3) is 0.643. The van der Waals surface area contributed by atoms with Crippen LogP contribution in [0.15, 0.2) is 6.20 Å². The highest BCUT2D eigenvalue weighted by Gasteiger charge is 2.23. The maximum atomic E-state index is 12.0. The Kier molecular flexibility index (Phi) is 5.78. The molecule has 1 rings (SSSR count). The molecule has 0 fully saturated rings. The summed E-state index contributed by atoms with van der Waals surface area (Å²) < 4.78 is 10.9. The molecule has 8 nitrogen and oxygen atoms in total. The lowest BCUT2D eigenvalue weighted by Gasteiger charge is -2.20. The molecule has 1 atom stereocenters. The fourth-order valence-corrected chi connectivity index (χ4v) is 1.64. The van der Waals surface area contributed by atoms with Crippen LogP contribution in [-0.4, -0.2) is 45.4 Å². The lowest BCUT2D eigenvalue weighted by atomic mass is 10.0. The lowest BCUT2D eigenvalue weighted by molar-refractivity contribution is -0.157. The first kappa shape index (κ1) is 17.8. The third-order valence-corrected chi connectivity index (χ3v) is 2.69. The number of Topliss-reactive ketones (excluding diaryl/α,β-unsaturated/α-hetero) is 1. The van der Waals surface area contributed by atoms with Gasteiger partial charge in [-0.25, -0.2) is 9.48 Å². The summed E-state index contributed by atoms with van der Waals surface area (Å²) in [6.07, 6.45) is 1.32. The van der Waals surface area contributed by atoms with E-state index in [0.717, 1.165) is 0 Å². The highest BCUT2D eigenvalue weighted by molar-refractivity contribution is 5.87. The minimum absolute atomic E-state index is 0.00530. The first-order valence-electron chi connectivity index (χ1n) is 6.85. The number of ether oxygens (including phenoxy) is 2. The van der Waals surface area contributed by atoms with Gasteiger partial charge in [0, 0.05) is 5.92 Å². The molecule has 0 aromatic carbocycles. The summed E-state index contributed by atoms with van der Waals surface area (Å²) >= 11 is 0. The van der Waals surface area contributed by atoms with E-state index in [-0.39, 0.29) is 24.4 Å². The van der Waals surface area contributed by atoms with Crippen molar-refractivity contribution in [3.63, 3.8) is 0 Å². The van der Waals surface area contributed by atoms with Gasteiger partial charge in [0.25, 0.3) is 0 Å². The number of aromatic nitrogens is 3. The summed E-state index contributed by atoms with van der Waals surface area (Å²) in [5, 5.41) is 7.28. The largest absolute Gasteiger partial charge is 0.464 e. The molecule has 0 unspecified atom stereocenters. The zero-order valence-electron chi connectivity index (χ0n) is 13.5. The van der Waals surface area contributed by atoms with Gasteiger partial charge in [-0.05, 0) is 20.8 Å². The maximum Gasteiger partial charge on any atom is 0.360 e. The fourth-order valence-electron chi connectivity index (χ4n) is 1.64. The van der Waals surface area contributed by atoms with Gasteiger partial charge in [-0.2, -0.15) is 0 Å². The van der Waals surface area contributed by atoms with Gasteiger partial charge in [0.1, 0.15) is 12.1 Å². The molecule has 0 radical (unpaired) electrons. The van der Waals surface area contributed by atoms with Crippen LogP contribution in [0.5, 0.6) is 0 Å². The number of methoxy groups -OCH3 is 1. The van der Waals surface area contributed by atoms with E-state index in [1.165, 1.54) is 18.0 Å². The van der Waals surface area contributed by atoms with Crippen molar-refractivity contribution < 1.29 is 23.9 Å². The Bertz CT molecular complexity index is 559. The smallest absolute Gasteiger partial charge is 0.360 e. The zero-order valence-corrected chi connectivity index (χ0v) is 13.5. The van der Waals surface area contributed by atoms with Crippen molar-refractivity contribution in [3.8, 4) is 0 Å². The predicted molar refractivity (Wildman–Crippen MR) is 76.0 cm³/mol. The molecular formula is C14H21N3O5. The second-order valence-corrected chi connectivity index (χ2v) is 5.95. The van der Waals surface area contributed by atoms with Gasteiger partial charge in [-0.1, -0.05) is 12.1 Å². The highest BCUT2D eigenvalue weighted by atomic mass is 16.6. The summed E-state index contributed by atoms with van der Waals surface area (Å²) in [4.78, 5) is 35.0. The molecule has 0 saturated heterocycles. The van der Waals surface area contributed by atoms with E-state index in [1.807, 2.05) is 0 Å². The van der Waals surface area contributed by atoms with Crippen molar-refractivity contribution in [2.75, 3.05) is 7.11 Å². The van der Waals surface area contributed by atoms with E-state index >= 15 is 0 Å². The molecule has 0 bridgehead atoms. The average molecular weight is 311 g/mol. The Morgan fingerprint density at radius 1 is 1.32 bits per heavy atom. The molecule has 0 aliphatic carbocycles. The number of carbonyl (C=O) groups is 3. The highest BCUT2D eigenvalue weighted by Crippen LogP contribution is 2.13. The van der Waals surface area contributed by atoms with E-state index in [9.17, 15) is 14.4 Å². The summed E-state index contributed by atoms with van der Waals surface area (Å²) in [6.45, 7) is 6.86. The molecule has 22 heavy (non-hydrogen) atoms.